The van der Waals surface area contributed by atoms with E-state index >= 15 is 0 Å². The third kappa shape index (κ3) is 15.8. The highest BCUT2D eigenvalue weighted by Crippen LogP contribution is 2.28. The number of H-pyrrole nitrogens is 1. The van der Waals surface area contributed by atoms with Gasteiger partial charge in [-0.15, -0.1) is 0 Å². The van der Waals surface area contributed by atoms with Crippen LogP contribution in [-0.4, -0.2) is 131 Å². The van der Waals surface area contributed by atoms with Crippen LogP contribution in [0.3, 0.4) is 0 Å². The molecule has 14 heteroatoms. The number of carbonyl (C=O) groups is 3. The maximum atomic E-state index is 14.5. The van der Waals surface area contributed by atoms with E-state index < -0.39 is 12.2 Å². The summed E-state index contributed by atoms with van der Waals surface area (Å²) in [6.07, 6.45) is 25.7. The second kappa shape index (κ2) is 27.6. The zero-order chi connectivity index (χ0) is 49.1. The minimum Gasteiger partial charge on any atom is -0.434 e. The predicted molar refractivity (Wildman–Crippen MR) is 279 cm³/mol. The number of amides is 3. The fourth-order valence-electron chi connectivity index (χ4n) is 11.0. The number of hydrogen-bond donors (Lipinski definition) is 2. The maximum absolute atomic E-state index is 14.5. The van der Waals surface area contributed by atoms with Gasteiger partial charge in [-0.25, -0.2) is 14.3 Å². The van der Waals surface area contributed by atoms with Gasteiger partial charge < -0.3 is 34.5 Å². The van der Waals surface area contributed by atoms with Crippen molar-refractivity contribution in [1.82, 2.24) is 39.7 Å². The van der Waals surface area contributed by atoms with Gasteiger partial charge in [0.15, 0.2) is 6.73 Å². The molecule has 0 spiro atoms. The normalized spacial score (nSPS) is 17.1. The smallest absolute Gasteiger partial charge is 0.434 e. The van der Waals surface area contributed by atoms with Gasteiger partial charge in [-0.05, 0) is 99.8 Å². The van der Waals surface area contributed by atoms with Crippen molar-refractivity contribution < 1.29 is 23.9 Å². The first-order chi connectivity index (χ1) is 34.1. The van der Waals surface area contributed by atoms with E-state index in [1.165, 1.54) is 83.5 Å². The van der Waals surface area contributed by atoms with E-state index in [4.69, 9.17) is 14.6 Å². The Morgan fingerprint density at radius 1 is 0.729 bits per heavy atom. The number of nitrogens with zero attached hydrogens (tertiary/aromatic N) is 6. The molecule has 0 saturated carbocycles. The predicted octanol–water partition coefficient (Wildman–Crippen LogP) is 10.3. The van der Waals surface area contributed by atoms with Crippen LogP contribution < -0.4 is 10.9 Å². The van der Waals surface area contributed by atoms with Crippen LogP contribution in [0, 0.1) is 6.92 Å². The van der Waals surface area contributed by atoms with Crippen molar-refractivity contribution in [3.05, 3.63) is 75.7 Å². The number of benzene rings is 2. The van der Waals surface area contributed by atoms with Crippen LogP contribution in [0.15, 0.2) is 53.5 Å². The van der Waals surface area contributed by atoms with Crippen LogP contribution in [0.5, 0.6) is 0 Å². The molecule has 70 heavy (non-hydrogen) atoms. The summed E-state index contributed by atoms with van der Waals surface area (Å²) < 4.78 is 12.4. The second-order valence-corrected chi connectivity index (χ2v) is 20.7. The summed E-state index contributed by atoms with van der Waals surface area (Å²) in [4.78, 5) is 65.8. The number of piperidine rings is 2. The Labute approximate surface area is 417 Å². The lowest BCUT2D eigenvalue weighted by atomic mass is 9.89. The molecule has 7 rings (SSSR count). The Bertz CT molecular complexity index is 2310. The molecule has 2 N–H and O–H groups in total. The first-order valence-corrected chi connectivity index (χ1v) is 27.3. The average Bonchev–Trinajstić information content (AvgIpc) is 3.80. The monoisotopic (exact) mass is 965 g/mol. The van der Waals surface area contributed by atoms with Gasteiger partial charge in [0.05, 0.1) is 12.1 Å². The first kappa shape index (κ1) is 52.9. The number of likely N-dealkylation sites (tertiary alicyclic amines) is 2. The number of nitrogens with one attached hydrogen (secondary N) is 2. The van der Waals surface area contributed by atoms with E-state index in [1.54, 1.807) is 9.58 Å². The van der Waals surface area contributed by atoms with Gasteiger partial charge >= 0.3 is 12.2 Å². The van der Waals surface area contributed by atoms with Gasteiger partial charge in [0, 0.05) is 74.4 Å². The Morgan fingerprint density at radius 2 is 1.36 bits per heavy atom. The molecular formula is C56H84N8O6. The summed E-state index contributed by atoms with van der Waals surface area (Å²) in [6, 6.07) is 13.3. The second-order valence-electron chi connectivity index (χ2n) is 20.7. The highest BCUT2D eigenvalue weighted by atomic mass is 16.7. The van der Waals surface area contributed by atoms with Crippen molar-refractivity contribution >= 4 is 39.9 Å². The van der Waals surface area contributed by atoms with Crippen molar-refractivity contribution in [3.63, 3.8) is 0 Å². The Kier molecular flexibility index (Phi) is 20.8. The molecule has 1 atom stereocenters. The summed E-state index contributed by atoms with van der Waals surface area (Å²) in [5.74, 6) is -0.0372. The SMILES string of the molecule is CCCCCCCCCCCCCCCCCCOC(=O)OCn1cc2cc(CC(NC(=O)N3CCC(c4cc5ccccc5[nH]c4=O)CC3)C(=O)N3CCN(C4CCN(C)CC4)CC3)cc(C)c2n1. The molecular weight excluding hydrogens is 881 g/mol. The Morgan fingerprint density at radius 3 is 2.01 bits per heavy atom. The van der Waals surface area contributed by atoms with Crippen molar-refractivity contribution in [1.29, 1.82) is 0 Å². The lowest BCUT2D eigenvalue weighted by Gasteiger charge is -2.43. The minimum absolute atomic E-state index is 0.0379. The molecule has 2 aromatic heterocycles. The van der Waals surface area contributed by atoms with E-state index in [0.29, 0.717) is 58.1 Å². The fourth-order valence-corrected chi connectivity index (χ4v) is 11.0. The van der Waals surface area contributed by atoms with Gasteiger partial charge in [-0.3, -0.25) is 14.5 Å². The lowest BCUT2D eigenvalue weighted by Crippen LogP contribution is -2.59. The molecule has 0 bridgehead atoms. The number of aryl methyl sites for hydroxylation is 1. The summed E-state index contributed by atoms with van der Waals surface area (Å²) in [6.45, 7) is 10.6. The number of fused-ring (bicyclic) bond motifs is 2. The summed E-state index contributed by atoms with van der Waals surface area (Å²) in [5, 5.41) is 9.73. The standard InChI is InChI=1S/C56H84N8O6/c1-4-5-6-7-8-9-10-11-12-13-14-15-16-17-18-21-36-69-56(68)70-42-64-41-47-38-44(37-43(2)52(47)59-64)39-51(54(66)62-34-32-61(33-35-62)48-26-28-60(3)29-27-48)58-55(67)63-30-24-45(25-31-63)49-40-46-22-19-20-23-50(46)57-53(49)65/h19-20,22-23,37-38,40-41,45,48,51H,4-18,21,24-36,39,42H2,1-3H3,(H,57,65)(H,58,67). The Balaban J connectivity index is 0.872. The number of unbranched alkanes of at least 4 members (excludes halogenated alkanes) is 15. The zero-order valence-electron chi connectivity index (χ0n) is 42.9. The topological polar surface area (TPSA) is 145 Å². The molecule has 2 aromatic carbocycles. The van der Waals surface area contributed by atoms with Gasteiger partial charge in [0.2, 0.25) is 5.91 Å². The molecule has 4 aromatic rings. The summed E-state index contributed by atoms with van der Waals surface area (Å²) in [7, 11) is 2.18. The number of rotatable bonds is 25. The highest BCUT2D eigenvalue weighted by Gasteiger charge is 2.34. The van der Waals surface area contributed by atoms with Gasteiger partial charge in [-0.1, -0.05) is 128 Å². The molecule has 5 heterocycles. The number of ether oxygens (including phenoxy) is 2. The highest BCUT2D eigenvalue weighted by molar-refractivity contribution is 5.88. The van der Waals surface area contributed by atoms with E-state index in [2.05, 4.69) is 34.1 Å². The molecule has 384 valence electrons. The molecule has 14 nitrogen and oxygen atoms in total. The third-order valence-electron chi connectivity index (χ3n) is 15.3. The molecule has 3 fully saturated rings. The maximum Gasteiger partial charge on any atom is 0.510 e. The lowest BCUT2D eigenvalue weighted by molar-refractivity contribution is -0.135. The van der Waals surface area contributed by atoms with Gasteiger partial charge in [0.1, 0.15) is 6.04 Å². The number of carbonyl (C=O) groups excluding carboxylic acids is 3. The van der Waals surface area contributed by atoms with Gasteiger partial charge in [0.25, 0.3) is 5.56 Å². The quantitative estimate of drug-likeness (QED) is 0.0490. The van der Waals surface area contributed by atoms with Crippen LogP contribution in [-0.2, 0) is 27.4 Å². The molecule has 3 aliphatic heterocycles. The summed E-state index contributed by atoms with van der Waals surface area (Å²) in [5.41, 5.74) is 4.10. The van der Waals surface area contributed by atoms with Gasteiger partial charge in [-0.2, -0.15) is 5.10 Å². The number of aromatic nitrogens is 3. The van der Waals surface area contributed by atoms with Crippen molar-refractivity contribution in [2.45, 2.75) is 173 Å². The van der Waals surface area contributed by atoms with E-state index in [-0.39, 0.29) is 30.1 Å². The largest absolute Gasteiger partial charge is 0.510 e. The number of hydrogen-bond acceptors (Lipinski definition) is 9. The van der Waals surface area contributed by atoms with Crippen LogP contribution in [0.1, 0.15) is 158 Å². The van der Waals surface area contributed by atoms with Crippen LogP contribution in [0.4, 0.5) is 9.59 Å². The summed E-state index contributed by atoms with van der Waals surface area (Å²) >= 11 is 0. The number of urea groups is 1. The van der Waals surface area contributed by atoms with Crippen LogP contribution in [0.25, 0.3) is 21.8 Å². The van der Waals surface area contributed by atoms with Crippen LogP contribution in [0.2, 0.25) is 0 Å². The molecule has 3 aliphatic rings. The molecule has 3 amide bonds. The molecule has 0 aliphatic carbocycles. The van der Waals surface area contributed by atoms with Crippen molar-refractivity contribution in [2.24, 2.45) is 0 Å². The number of piperazine rings is 1. The van der Waals surface area contributed by atoms with E-state index in [9.17, 15) is 19.2 Å². The van der Waals surface area contributed by atoms with Crippen LogP contribution >= 0.6 is 0 Å². The number of pyridine rings is 1. The molecule has 3 saturated heterocycles. The average molecular weight is 965 g/mol. The zero-order valence-corrected chi connectivity index (χ0v) is 42.9. The molecule has 0 radical (unpaired) electrons. The fraction of sp³-hybridized carbons (Fsp3) is 0.661. The molecule has 1 unspecified atom stereocenters. The minimum atomic E-state index is -0.775. The van der Waals surface area contributed by atoms with Crippen molar-refractivity contribution in [3.8, 4) is 0 Å². The number of para-hydroxylation sites is 1. The van der Waals surface area contributed by atoms with E-state index in [0.717, 1.165) is 96.8 Å². The third-order valence-corrected chi connectivity index (χ3v) is 15.3. The Hall–Kier alpha value is -4.95. The number of aromatic amines is 1. The first-order valence-electron chi connectivity index (χ1n) is 27.3. The van der Waals surface area contributed by atoms with Crippen molar-refractivity contribution in [2.75, 3.05) is 66.0 Å². The van der Waals surface area contributed by atoms with E-state index in [1.807, 2.05) is 60.5 Å².